The molecule has 0 spiro atoms. The summed E-state index contributed by atoms with van der Waals surface area (Å²) in [6.45, 7) is 1.95. The number of hydrogen-bond donors (Lipinski definition) is 1. The van der Waals surface area contributed by atoms with Gasteiger partial charge in [-0.1, -0.05) is 12.1 Å². The number of nitrogens with two attached hydrogens (primary N) is 1. The standard InChI is InChI=1S/C17H19N5/c18-13-7-10-21(11-8-13)17-6-3-4-14(20-17)15-12-19-16-5-1-2-9-22(15)16/h1-6,9,12-13H,7-8,10-11,18H2. The van der Waals surface area contributed by atoms with Crippen LogP contribution in [0.2, 0.25) is 0 Å². The van der Waals surface area contributed by atoms with Crippen LogP contribution in [0.15, 0.2) is 48.8 Å². The van der Waals surface area contributed by atoms with Crippen molar-refractivity contribution in [2.45, 2.75) is 18.9 Å². The van der Waals surface area contributed by atoms with E-state index in [2.05, 4.69) is 26.4 Å². The number of anilines is 1. The maximum atomic E-state index is 5.99. The lowest BCUT2D eigenvalue weighted by atomic mass is 10.1. The Morgan fingerprint density at radius 3 is 2.77 bits per heavy atom. The van der Waals surface area contributed by atoms with Gasteiger partial charge >= 0.3 is 0 Å². The van der Waals surface area contributed by atoms with Crippen molar-refractivity contribution in [3.8, 4) is 11.4 Å². The largest absolute Gasteiger partial charge is 0.356 e. The Hall–Kier alpha value is -2.40. The van der Waals surface area contributed by atoms with Crippen LogP contribution in [0.3, 0.4) is 0 Å². The molecule has 4 heterocycles. The van der Waals surface area contributed by atoms with Crippen molar-refractivity contribution in [2.75, 3.05) is 18.0 Å². The van der Waals surface area contributed by atoms with Crippen LogP contribution in [-0.2, 0) is 0 Å². The lowest BCUT2D eigenvalue weighted by Gasteiger charge is -2.31. The van der Waals surface area contributed by atoms with Crippen molar-refractivity contribution in [3.63, 3.8) is 0 Å². The lowest BCUT2D eigenvalue weighted by Crippen LogP contribution is -2.40. The quantitative estimate of drug-likeness (QED) is 0.788. The van der Waals surface area contributed by atoms with Crippen LogP contribution < -0.4 is 10.6 Å². The lowest BCUT2D eigenvalue weighted by molar-refractivity contribution is 0.499. The summed E-state index contributed by atoms with van der Waals surface area (Å²) in [5, 5.41) is 0. The van der Waals surface area contributed by atoms with Crippen LogP contribution in [0.1, 0.15) is 12.8 Å². The minimum absolute atomic E-state index is 0.332. The monoisotopic (exact) mass is 293 g/mol. The first-order valence-corrected chi connectivity index (χ1v) is 7.71. The molecule has 0 unspecified atom stereocenters. The molecular formula is C17H19N5. The third kappa shape index (κ3) is 2.33. The Labute approximate surface area is 129 Å². The summed E-state index contributed by atoms with van der Waals surface area (Å²) in [5.74, 6) is 1.02. The van der Waals surface area contributed by atoms with Crippen molar-refractivity contribution in [2.24, 2.45) is 5.73 Å². The highest BCUT2D eigenvalue weighted by Crippen LogP contribution is 2.23. The summed E-state index contributed by atoms with van der Waals surface area (Å²) in [7, 11) is 0. The molecule has 0 aliphatic carbocycles. The highest BCUT2D eigenvalue weighted by molar-refractivity contribution is 5.62. The summed E-state index contributed by atoms with van der Waals surface area (Å²) in [6.07, 6.45) is 5.96. The molecule has 5 nitrogen and oxygen atoms in total. The van der Waals surface area contributed by atoms with Gasteiger partial charge in [-0.25, -0.2) is 9.97 Å². The second kappa shape index (κ2) is 5.42. The van der Waals surface area contributed by atoms with Gasteiger partial charge in [0.05, 0.1) is 17.6 Å². The van der Waals surface area contributed by atoms with Crippen molar-refractivity contribution < 1.29 is 0 Å². The molecule has 5 heteroatoms. The Balaban J connectivity index is 1.70. The van der Waals surface area contributed by atoms with Crippen LogP contribution >= 0.6 is 0 Å². The van der Waals surface area contributed by atoms with Crippen LogP contribution in [0.5, 0.6) is 0 Å². The van der Waals surface area contributed by atoms with E-state index < -0.39 is 0 Å². The minimum atomic E-state index is 0.332. The van der Waals surface area contributed by atoms with Crippen LogP contribution in [-0.4, -0.2) is 33.5 Å². The molecule has 1 fully saturated rings. The van der Waals surface area contributed by atoms with Crippen LogP contribution in [0.4, 0.5) is 5.82 Å². The SMILES string of the molecule is NC1CCN(c2cccc(-c3cnc4ccccn34)n2)CC1. The normalized spacial score (nSPS) is 16.3. The molecule has 3 aromatic heterocycles. The van der Waals surface area contributed by atoms with Gasteiger partial charge in [0, 0.05) is 25.3 Å². The summed E-state index contributed by atoms with van der Waals surface area (Å²) in [4.78, 5) is 11.6. The Kier molecular flexibility index (Phi) is 3.27. The highest BCUT2D eigenvalue weighted by Gasteiger charge is 2.18. The first-order chi connectivity index (χ1) is 10.8. The van der Waals surface area contributed by atoms with Gasteiger partial charge in [-0.05, 0) is 37.1 Å². The van der Waals surface area contributed by atoms with E-state index in [0.29, 0.717) is 6.04 Å². The van der Waals surface area contributed by atoms with Gasteiger partial charge < -0.3 is 10.6 Å². The van der Waals surface area contributed by atoms with Gasteiger partial charge in [0.25, 0.3) is 0 Å². The van der Waals surface area contributed by atoms with Crippen molar-refractivity contribution in [1.29, 1.82) is 0 Å². The summed E-state index contributed by atoms with van der Waals surface area (Å²) in [6, 6.07) is 12.5. The van der Waals surface area contributed by atoms with E-state index >= 15 is 0 Å². The molecule has 0 bridgehead atoms. The molecule has 0 saturated carbocycles. The number of fused-ring (bicyclic) bond motifs is 1. The molecule has 1 aliphatic rings. The number of imidazole rings is 1. The number of rotatable bonds is 2. The Bertz CT molecular complexity index is 786. The van der Waals surface area contributed by atoms with E-state index in [1.54, 1.807) is 0 Å². The van der Waals surface area contributed by atoms with Crippen LogP contribution in [0.25, 0.3) is 17.0 Å². The van der Waals surface area contributed by atoms with E-state index in [0.717, 1.165) is 48.8 Å². The average molecular weight is 293 g/mol. The van der Waals surface area contributed by atoms with Gasteiger partial charge in [-0.3, -0.25) is 4.40 Å². The molecule has 0 aromatic carbocycles. The molecule has 0 atom stereocenters. The molecular weight excluding hydrogens is 274 g/mol. The third-order valence-corrected chi connectivity index (χ3v) is 4.28. The second-order valence-electron chi connectivity index (χ2n) is 5.78. The van der Waals surface area contributed by atoms with Crippen molar-refractivity contribution in [1.82, 2.24) is 14.4 Å². The fourth-order valence-corrected chi connectivity index (χ4v) is 2.99. The van der Waals surface area contributed by atoms with E-state index in [9.17, 15) is 0 Å². The van der Waals surface area contributed by atoms with Gasteiger partial charge in [-0.2, -0.15) is 0 Å². The number of hydrogen-bond acceptors (Lipinski definition) is 4. The van der Waals surface area contributed by atoms with E-state index in [-0.39, 0.29) is 0 Å². The topological polar surface area (TPSA) is 59.5 Å². The Morgan fingerprint density at radius 1 is 1.05 bits per heavy atom. The van der Waals surface area contributed by atoms with Gasteiger partial charge in [0.1, 0.15) is 11.5 Å². The summed E-state index contributed by atoms with van der Waals surface area (Å²) in [5.41, 5.74) is 8.89. The fraction of sp³-hybridized carbons (Fsp3) is 0.294. The number of piperidine rings is 1. The number of pyridine rings is 2. The van der Waals surface area contributed by atoms with Crippen molar-refractivity contribution >= 4 is 11.5 Å². The predicted octanol–water partition coefficient (Wildman–Crippen LogP) is 2.32. The molecule has 0 radical (unpaired) electrons. The van der Waals surface area contributed by atoms with Crippen LogP contribution in [0, 0.1) is 0 Å². The molecule has 2 N–H and O–H groups in total. The molecule has 4 rings (SSSR count). The third-order valence-electron chi connectivity index (χ3n) is 4.28. The molecule has 3 aromatic rings. The van der Waals surface area contributed by atoms with Gasteiger partial charge in [-0.15, -0.1) is 0 Å². The summed E-state index contributed by atoms with van der Waals surface area (Å²) >= 11 is 0. The highest BCUT2D eigenvalue weighted by atomic mass is 15.2. The van der Waals surface area contributed by atoms with Gasteiger partial charge in [0.15, 0.2) is 0 Å². The van der Waals surface area contributed by atoms with E-state index in [1.807, 2.05) is 36.7 Å². The number of aromatic nitrogens is 3. The number of nitrogens with zero attached hydrogens (tertiary/aromatic N) is 4. The zero-order valence-electron chi connectivity index (χ0n) is 12.4. The second-order valence-corrected chi connectivity index (χ2v) is 5.78. The molecule has 1 aliphatic heterocycles. The maximum Gasteiger partial charge on any atom is 0.137 e. The first-order valence-electron chi connectivity index (χ1n) is 7.71. The smallest absolute Gasteiger partial charge is 0.137 e. The molecule has 1 saturated heterocycles. The molecule has 22 heavy (non-hydrogen) atoms. The molecule has 112 valence electrons. The Morgan fingerprint density at radius 2 is 1.91 bits per heavy atom. The fourth-order valence-electron chi connectivity index (χ4n) is 2.99. The summed E-state index contributed by atoms with van der Waals surface area (Å²) < 4.78 is 2.07. The maximum absolute atomic E-state index is 5.99. The van der Waals surface area contributed by atoms with Crippen molar-refractivity contribution in [3.05, 3.63) is 48.8 Å². The zero-order valence-corrected chi connectivity index (χ0v) is 12.4. The molecule has 0 amide bonds. The predicted molar refractivity (Wildman–Crippen MR) is 87.8 cm³/mol. The minimum Gasteiger partial charge on any atom is -0.356 e. The first kappa shape index (κ1) is 13.3. The zero-order chi connectivity index (χ0) is 14.9. The average Bonchev–Trinajstić information content (AvgIpc) is 3.00. The van der Waals surface area contributed by atoms with Gasteiger partial charge in [0.2, 0.25) is 0 Å². The van der Waals surface area contributed by atoms with E-state index in [1.165, 1.54) is 0 Å². The van der Waals surface area contributed by atoms with E-state index in [4.69, 9.17) is 10.7 Å².